The van der Waals surface area contributed by atoms with Gasteiger partial charge in [-0.25, -0.2) is 0 Å². The van der Waals surface area contributed by atoms with E-state index in [2.05, 4.69) is 25.1 Å². The van der Waals surface area contributed by atoms with Crippen molar-refractivity contribution in [2.75, 3.05) is 6.61 Å². The van der Waals surface area contributed by atoms with Gasteiger partial charge in [-0.1, -0.05) is 59.6 Å². The third-order valence-corrected chi connectivity index (χ3v) is 3.47. The molecule has 94 valence electrons. The summed E-state index contributed by atoms with van der Waals surface area (Å²) in [5.41, 5.74) is 3.49. The average Bonchev–Trinajstić information content (AvgIpc) is 2.37. The zero-order valence-electron chi connectivity index (χ0n) is 10.4. The van der Waals surface area contributed by atoms with Crippen LogP contribution in [0.15, 0.2) is 48.5 Å². The molecule has 2 aromatic rings. The summed E-state index contributed by atoms with van der Waals surface area (Å²) >= 11 is 6.18. The van der Waals surface area contributed by atoms with E-state index in [1.165, 1.54) is 11.1 Å². The standard InChI is InChI=1S/C16H17ClO/c1-12-5-4-6-13(9-12)10-14(11-18)15-7-2-3-8-16(15)17/h2-9,14,18H,10-11H2,1H3. The first-order chi connectivity index (χ1) is 8.70. The highest BCUT2D eigenvalue weighted by Crippen LogP contribution is 2.27. The molecule has 0 aliphatic heterocycles. The lowest BCUT2D eigenvalue weighted by Crippen LogP contribution is -2.08. The summed E-state index contributed by atoms with van der Waals surface area (Å²) in [6.45, 7) is 2.19. The molecule has 0 aromatic heterocycles. The van der Waals surface area contributed by atoms with Crippen molar-refractivity contribution < 1.29 is 5.11 Å². The minimum absolute atomic E-state index is 0.0560. The number of halogens is 1. The van der Waals surface area contributed by atoms with Crippen LogP contribution in [0.1, 0.15) is 22.6 Å². The fraction of sp³-hybridized carbons (Fsp3) is 0.250. The molecule has 2 rings (SSSR count). The second-order valence-corrected chi connectivity index (χ2v) is 5.00. The van der Waals surface area contributed by atoms with E-state index >= 15 is 0 Å². The highest BCUT2D eigenvalue weighted by Gasteiger charge is 2.14. The predicted molar refractivity (Wildman–Crippen MR) is 76.2 cm³/mol. The molecule has 1 N–H and O–H groups in total. The van der Waals surface area contributed by atoms with Gasteiger partial charge in [0.2, 0.25) is 0 Å². The zero-order chi connectivity index (χ0) is 13.0. The van der Waals surface area contributed by atoms with Gasteiger partial charge < -0.3 is 5.11 Å². The zero-order valence-corrected chi connectivity index (χ0v) is 11.2. The number of aliphatic hydroxyl groups excluding tert-OH is 1. The van der Waals surface area contributed by atoms with Crippen LogP contribution in [-0.4, -0.2) is 11.7 Å². The molecule has 2 aromatic carbocycles. The van der Waals surface area contributed by atoms with Gasteiger partial charge in [0, 0.05) is 10.9 Å². The highest BCUT2D eigenvalue weighted by atomic mass is 35.5. The van der Waals surface area contributed by atoms with E-state index in [4.69, 9.17) is 11.6 Å². The topological polar surface area (TPSA) is 20.2 Å². The van der Waals surface area contributed by atoms with Crippen LogP contribution in [0, 0.1) is 6.92 Å². The monoisotopic (exact) mass is 260 g/mol. The number of aliphatic hydroxyl groups is 1. The van der Waals surface area contributed by atoms with Gasteiger partial charge in [0.05, 0.1) is 6.61 Å². The van der Waals surface area contributed by atoms with Crippen molar-refractivity contribution in [1.29, 1.82) is 0 Å². The van der Waals surface area contributed by atoms with E-state index in [1.54, 1.807) is 0 Å². The van der Waals surface area contributed by atoms with Crippen LogP contribution in [0.2, 0.25) is 5.02 Å². The van der Waals surface area contributed by atoms with E-state index in [1.807, 2.05) is 30.3 Å². The quantitative estimate of drug-likeness (QED) is 0.882. The molecular formula is C16H17ClO. The minimum atomic E-state index is 0.0560. The molecule has 1 nitrogen and oxygen atoms in total. The molecule has 0 heterocycles. The largest absolute Gasteiger partial charge is 0.396 e. The van der Waals surface area contributed by atoms with Crippen molar-refractivity contribution in [3.05, 3.63) is 70.2 Å². The van der Waals surface area contributed by atoms with Crippen LogP contribution < -0.4 is 0 Å². The first-order valence-corrected chi connectivity index (χ1v) is 6.49. The Kier molecular flexibility index (Phi) is 4.40. The summed E-state index contributed by atoms with van der Waals surface area (Å²) in [6.07, 6.45) is 0.807. The van der Waals surface area contributed by atoms with Crippen molar-refractivity contribution in [1.82, 2.24) is 0 Å². The van der Waals surface area contributed by atoms with Gasteiger partial charge in [0.15, 0.2) is 0 Å². The Labute approximate surface area is 113 Å². The minimum Gasteiger partial charge on any atom is -0.396 e. The Morgan fingerprint density at radius 3 is 2.56 bits per heavy atom. The number of benzene rings is 2. The molecule has 1 unspecified atom stereocenters. The first-order valence-electron chi connectivity index (χ1n) is 6.11. The molecule has 0 radical (unpaired) electrons. The Hall–Kier alpha value is -1.31. The molecular weight excluding hydrogens is 244 g/mol. The summed E-state index contributed by atoms with van der Waals surface area (Å²) in [5.74, 6) is 0.0560. The van der Waals surface area contributed by atoms with Crippen LogP contribution >= 0.6 is 11.6 Å². The average molecular weight is 261 g/mol. The van der Waals surface area contributed by atoms with Gasteiger partial charge in [0.1, 0.15) is 0 Å². The van der Waals surface area contributed by atoms with Crippen molar-refractivity contribution in [2.24, 2.45) is 0 Å². The third kappa shape index (κ3) is 3.12. The van der Waals surface area contributed by atoms with Crippen LogP contribution in [0.25, 0.3) is 0 Å². The Morgan fingerprint density at radius 2 is 1.89 bits per heavy atom. The smallest absolute Gasteiger partial charge is 0.0503 e. The molecule has 0 aliphatic rings. The van der Waals surface area contributed by atoms with Gasteiger partial charge in [0.25, 0.3) is 0 Å². The second-order valence-electron chi connectivity index (χ2n) is 4.59. The van der Waals surface area contributed by atoms with E-state index in [9.17, 15) is 5.11 Å². The molecule has 0 saturated carbocycles. The molecule has 0 fully saturated rings. The molecule has 18 heavy (non-hydrogen) atoms. The SMILES string of the molecule is Cc1cccc(CC(CO)c2ccccc2Cl)c1. The Morgan fingerprint density at radius 1 is 1.11 bits per heavy atom. The fourth-order valence-corrected chi connectivity index (χ4v) is 2.49. The first kappa shape index (κ1) is 13.1. The molecule has 1 atom stereocenters. The van der Waals surface area contributed by atoms with Crippen molar-refractivity contribution >= 4 is 11.6 Å². The number of hydrogen-bond donors (Lipinski definition) is 1. The maximum Gasteiger partial charge on any atom is 0.0503 e. The third-order valence-electron chi connectivity index (χ3n) is 3.13. The fourth-order valence-electron chi connectivity index (χ4n) is 2.20. The van der Waals surface area contributed by atoms with Crippen molar-refractivity contribution in [2.45, 2.75) is 19.3 Å². The number of hydrogen-bond acceptors (Lipinski definition) is 1. The van der Waals surface area contributed by atoms with Gasteiger partial charge in [-0.15, -0.1) is 0 Å². The van der Waals surface area contributed by atoms with E-state index < -0.39 is 0 Å². The van der Waals surface area contributed by atoms with Crippen LogP contribution in [0.5, 0.6) is 0 Å². The van der Waals surface area contributed by atoms with Gasteiger partial charge in [-0.2, -0.15) is 0 Å². The molecule has 0 spiro atoms. The summed E-state index contributed by atoms with van der Waals surface area (Å²) in [6, 6.07) is 16.1. The van der Waals surface area contributed by atoms with Gasteiger partial charge in [-0.05, 0) is 30.5 Å². The van der Waals surface area contributed by atoms with Gasteiger partial charge >= 0.3 is 0 Å². The van der Waals surface area contributed by atoms with Crippen LogP contribution in [0.4, 0.5) is 0 Å². The van der Waals surface area contributed by atoms with Crippen LogP contribution in [-0.2, 0) is 6.42 Å². The summed E-state index contributed by atoms with van der Waals surface area (Å²) in [4.78, 5) is 0. The lowest BCUT2D eigenvalue weighted by Gasteiger charge is -2.16. The number of rotatable bonds is 4. The van der Waals surface area contributed by atoms with Crippen molar-refractivity contribution in [3.63, 3.8) is 0 Å². The predicted octanol–water partition coefficient (Wildman–Crippen LogP) is 3.97. The maximum atomic E-state index is 9.58. The van der Waals surface area contributed by atoms with Gasteiger partial charge in [-0.3, -0.25) is 0 Å². The molecule has 0 bridgehead atoms. The van der Waals surface area contributed by atoms with Crippen molar-refractivity contribution in [3.8, 4) is 0 Å². The molecule has 2 heteroatoms. The summed E-state index contributed by atoms with van der Waals surface area (Å²) in [5, 5.41) is 10.3. The normalized spacial score (nSPS) is 12.4. The molecule has 0 saturated heterocycles. The lowest BCUT2D eigenvalue weighted by molar-refractivity contribution is 0.264. The Bertz CT molecular complexity index is 522. The number of aryl methyl sites for hydroxylation is 1. The van der Waals surface area contributed by atoms with E-state index in [0.29, 0.717) is 0 Å². The van der Waals surface area contributed by atoms with Crippen LogP contribution in [0.3, 0.4) is 0 Å². The lowest BCUT2D eigenvalue weighted by atomic mass is 9.92. The maximum absolute atomic E-state index is 9.58. The van der Waals surface area contributed by atoms with E-state index in [-0.39, 0.29) is 12.5 Å². The molecule has 0 amide bonds. The molecule has 0 aliphatic carbocycles. The van der Waals surface area contributed by atoms with E-state index in [0.717, 1.165) is 17.0 Å². The Balaban J connectivity index is 2.23. The summed E-state index contributed by atoms with van der Waals surface area (Å²) < 4.78 is 0. The highest BCUT2D eigenvalue weighted by molar-refractivity contribution is 6.31. The second kappa shape index (κ2) is 6.03. The summed E-state index contributed by atoms with van der Waals surface area (Å²) in [7, 11) is 0.